The molecule has 0 rings (SSSR count). The molecule has 0 aromatic carbocycles. The van der Waals surface area contributed by atoms with Gasteiger partial charge in [0, 0.05) is 19.2 Å². The number of amides is 1. The van der Waals surface area contributed by atoms with Crippen LogP contribution in [0.25, 0.3) is 0 Å². The van der Waals surface area contributed by atoms with Crippen LogP contribution in [0, 0.1) is 11.8 Å². The summed E-state index contributed by atoms with van der Waals surface area (Å²) in [5.41, 5.74) is 5.59. The lowest BCUT2D eigenvalue weighted by molar-refractivity contribution is -0.121. The molecule has 0 unspecified atom stereocenters. The van der Waals surface area contributed by atoms with Crippen molar-refractivity contribution in [3.8, 4) is 0 Å². The van der Waals surface area contributed by atoms with Crippen molar-refractivity contribution < 1.29 is 13.2 Å². The number of hydrogen-bond acceptors (Lipinski definition) is 4. The van der Waals surface area contributed by atoms with Crippen LogP contribution < -0.4 is 11.1 Å². The van der Waals surface area contributed by atoms with Crippen LogP contribution >= 0.6 is 0 Å². The molecule has 0 heterocycles. The number of hydrogen-bond donors (Lipinski definition) is 2. The van der Waals surface area contributed by atoms with Crippen molar-refractivity contribution in [3.05, 3.63) is 0 Å². The Labute approximate surface area is 104 Å². The Morgan fingerprint density at radius 1 is 1.35 bits per heavy atom. The summed E-state index contributed by atoms with van der Waals surface area (Å²) in [6.07, 6.45) is 2.44. The molecule has 17 heavy (non-hydrogen) atoms. The maximum Gasteiger partial charge on any atom is 0.220 e. The van der Waals surface area contributed by atoms with Gasteiger partial charge in [0.1, 0.15) is 9.84 Å². The van der Waals surface area contributed by atoms with Crippen LogP contribution in [-0.4, -0.2) is 39.4 Å². The Bertz CT molecular complexity index is 326. The Morgan fingerprint density at radius 2 is 1.94 bits per heavy atom. The van der Waals surface area contributed by atoms with E-state index >= 15 is 0 Å². The van der Waals surface area contributed by atoms with Crippen LogP contribution in [0.2, 0.25) is 0 Å². The molecule has 5 nitrogen and oxygen atoms in total. The summed E-state index contributed by atoms with van der Waals surface area (Å²) >= 11 is 0. The first kappa shape index (κ1) is 16.4. The van der Waals surface area contributed by atoms with E-state index in [1.807, 2.05) is 0 Å². The lowest BCUT2D eigenvalue weighted by atomic mass is 9.94. The summed E-state index contributed by atoms with van der Waals surface area (Å²) in [4.78, 5) is 11.5. The standard InChI is InChI=1S/C11H24N2O3S/c1-9(2)6-10(8-12)7-11(14)13-4-5-17(3,15)16/h9-10H,4-8,12H2,1-3H3,(H,13,14)/t10-/m0/s1. The molecule has 1 amide bonds. The van der Waals surface area contributed by atoms with Crippen molar-refractivity contribution in [1.29, 1.82) is 0 Å². The normalized spacial score (nSPS) is 13.7. The summed E-state index contributed by atoms with van der Waals surface area (Å²) in [5.74, 6) is 0.543. The Hall–Kier alpha value is -0.620. The first-order valence-electron chi connectivity index (χ1n) is 5.89. The van der Waals surface area contributed by atoms with E-state index in [4.69, 9.17) is 5.73 Å². The minimum Gasteiger partial charge on any atom is -0.355 e. The van der Waals surface area contributed by atoms with E-state index in [-0.39, 0.29) is 24.1 Å². The van der Waals surface area contributed by atoms with Gasteiger partial charge in [-0.15, -0.1) is 0 Å². The van der Waals surface area contributed by atoms with Gasteiger partial charge in [0.2, 0.25) is 5.91 Å². The summed E-state index contributed by atoms with van der Waals surface area (Å²) in [7, 11) is -3.01. The lowest BCUT2D eigenvalue weighted by Crippen LogP contribution is -2.32. The highest BCUT2D eigenvalue weighted by Crippen LogP contribution is 2.13. The molecule has 6 heteroatoms. The highest BCUT2D eigenvalue weighted by molar-refractivity contribution is 7.90. The summed E-state index contributed by atoms with van der Waals surface area (Å²) in [6.45, 7) is 4.84. The molecule has 0 aromatic heterocycles. The van der Waals surface area contributed by atoms with Crippen LogP contribution in [0.15, 0.2) is 0 Å². The molecule has 0 fully saturated rings. The van der Waals surface area contributed by atoms with E-state index in [0.717, 1.165) is 12.7 Å². The van der Waals surface area contributed by atoms with Gasteiger partial charge in [-0.25, -0.2) is 8.42 Å². The van der Waals surface area contributed by atoms with Crippen molar-refractivity contribution in [2.24, 2.45) is 17.6 Å². The monoisotopic (exact) mass is 264 g/mol. The first-order valence-corrected chi connectivity index (χ1v) is 7.95. The summed E-state index contributed by atoms with van der Waals surface area (Å²) in [5, 5.41) is 2.60. The fourth-order valence-electron chi connectivity index (χ4n) is 1.64. The number of nitrogens with two attached hydrogens (primary N) is 1. The molecule has 0 saturated heterocycles. The predicted molar refractivity (Wildman–Crippen MR) is 69.3 cm³/mol. The molecule has 0 bridgehead atoms. The predicted octanol–water partition coefficient (Wildman–Crippen LogP) is 0.158. The maximum atomic E-state index is 11.5. The van der Waals surface area contributed by atoms with Crippen LogP contribution in [-0.2, 0) is 14.6 Å². The first-order chi connectivity index (χ1) is 7.74. The smallest absolute Gasteiger partial charge is 0.220 e. The fraction of sp³-hybridized carbons (Fsp3) is 0.909. The quantitative estimate of drug-likeness (QED) is 0.653. The van der Waals surface area contributed by atoms with Gasteiger partial charge >= 0.3 is 0 Å². The Kier molecular flexibility index (Phi) is 7.38. The molecule has 0 saturated carbocycles. The minimum absolute atomic E-state index is 0.0176. The van der Waals surface area contributed by atoms with Crippen LogP contribution in [0.4, 0.5) is 0 Å². The molecule has 0 aliphatic carbocycles. The zero-order chi connectivity index (χ0) is 13.5. The van der Waals surface area contributed by atoms with Crippen molar-refractivity contribution in [1.82, 2.24) is 5.32 Å². The third kappa shape index (κ3) is 10.3. The van der Waals surface area contributed by atoms with Crippen molar-refractivity contribution in [2.45, 2.75) is 26.7 Å². The van der Waals surface area contributed by atoms with Gasteiger partial charge in [-0.3, -0.25) is 4.79 Å². The second-order valence-electron chi connectivity index (χ2n) is 4.92. The van der Waals surface area contributed by atoms with Gasteiger partial charge in [-0.2, -0.15) is 0 Å². The van der Waals surface area contributed by atoms with Gasteiger partial charge in [-0.05, 0) is 24.8 Å². The van der Waals surface area contributed by atoms with Gasteiger partial charge < -0.3 is 11.1 Å². The second-order valence-corrected chi connectivity index (χ2v) is 7.17. The molecule has 0 aliphatic heterocycles. The molecular weight excluding hydrogens is 240 g/mol. The average Bonchev–Trinajstić information content (AvgIpc) is 2.13. The van der Waals surface area contributed by atoms with E-state index in [2.05, 4.69) is 19.2 Å². The van der Waals surface area contributed by atoms with Crippen molar-refractivity contribution >= 4 is 15.7 Å². The highest BCUT2D eigenvalue weighted by Gasteiger charge is 2.14. The summed E-state index contributed by atoms with van der Waals surface area (Å²) < 4.78 is 21.7. The summed E-state index contributed by atoms with van der Waals surface area (Å²) in [6, 6.07) is 0. The number of carbonyl (C=O) groups is 1. The van der Waals surface area contributed by atoms with Gasteiger partial charge in [0.05, 0.1) is 5.75 Å². The number of rotatable bonds is 8. The zero-order valence-corrected chi connectivity index (χ0v) is 11.7. The molecule has 102 valence electrons. The Morgan fingerprint density at radius 3 is 2.35 bits per heavy atom. The highest BCUT2D eigenvalue weighted by atomic mass is 32.2. The zero-order valence-electron chi connectivity index (χ0n) is 10.9. The third-order valence-electron chi connectivity index (χ3n) is 2.41. The van der Waals surface area contributed by atoms with Crippen molar-refractivity contribution in [2.75, 3.05) is 25.1 Å². The molecular formula is C11H24N2O3S. The van der Waals surface area contributed by atoms with Gasteiger partial charge in [0.25, 0.3) is 0 Å². The van der Waals surface area contributed by atoms with Gasteiger partial charge in [0.15, 0.2) is 0 Å². The van der Waals surface area contributed by atoms with Gasteiger partial charge in [-0.1, -0.05) is 13.8 Å². The molecule has 0 spiro atoms. The number of carbonyl (C=O) groups excluding carboxylic acids is 1. The van der Waals surface area contributed by atoms with E-state index in [9.17, 15) is 13.2 Å². The largest absolute Gasteiger partial charge is 0.355 e. The van der Waals surface area contributed by atoms with Crippen molar-refractivity contribution in [3.63, 3.8) is 0 Å². The van der Waals surface area contributed by atoms with E-state index in [0.29, 0.717) is 18.9 Å². The third-order valence-corrected chi connectivity index (χ3v) is 3.35. The maximum absolute atomic E-state index is 11.5. The van der Waals surface area contributed by atoms with Crippen LogP contribution in [0.1, 0.15) is 26.7 Å². The van der Waals surface area contributed by atoms with E-state index in [1.54, 1.807) is 0 Å². The molecule has 3 N–H and O–H groups in total. The number of nitrogens with one attached hydrogen (secondary N) is 1. The lowest BCUT2D eigenvalue weighted by Gasteiger charge is -2.16. The van der Waals surface area contributed by atoms with Crippen LogP contribution in [0.5, 0.6) is 0 Å². The van der Waals surface area contributed by atoms with Crippen LogP contribution in [0.3, 0.4) is 0 Å². The van der Waals surface area contributed by atoms with E-state index < -0.39 is 9.84 Å². The topological polar surface area (TPSA) is 89.3 Å². The minimum atomic E-state index is -3.01. The average molecular weight is 264 g/mol. The molecule has 0 aromatic rings. The second kappa shape index (κ2) is 7.66. The fourth-order valence-corrected chi connectivity index (χ4v) is 2.11. The van der Waals surface area contributed by atoms with E-state index in [1.165, 1.54) is 0 Å². The molecule has 0 aliphatic rings. The molecule has 1 atom stereocenters. The molecule has 0 radical (unpaired) electrons. The number of sulfone groups is 1. The SMILES string of the molecule is CC(C)C[C@H](CN)CC(=O)NCCS(C)(=O)=O. The Balaban J connectivity index is 3.91.